The summed E-state index contributed by atoms with van der Waals surface area (Å²) in [7, 11) is 0. The average Bonchev–Trinajstić information content (AvgIpc) is 2.78. The lowest BCUT2D eigenvalue weighted by Crippen LogP contribution is -2.14. The number of hydrogen-bond acceptors (Lipinski definition) is 1. The molecule has 0 aliphatic heterocycles. The highest BCUT2D eigenvalue weighted by Gasteiger charge is 2.30. The van der Waals surface area contributed by atoms with Crippen LogP contribution in [0.4, 0.5) is 17.6 Å². The van der Waals surface area contributed by atoms with Crippen molar-refractivity contribution in [2.24, 2.45) is 17.8 Å². The molecule has 0 saturated heterocycles. The lowest BCUT2D eigenvalue weighted by molar-refractivity contribution is -0.137. The van der Waals surface area contributed by atoms with Gasteiger partial charge in [0.25, 0.3) is 0 Å². The van der Waals surface area contributed by atoms with Gasteiger partial charge in [-0.25, -0.2) is 0 Å². The van der Waals surface area contributed by atoms with Gasteiger partial charge in [-0.3, -0.25) is 0 Å². The largest absolute Gasteiger partial charge is 0.416 e. The number of nitriles is 1. The van der Waals surface area contributed by atoms with Crippen molar-refractivity contribution >= 4 is 0 Å². The Hall–Kier alpha value is -2.35. The van der Waals surface area contributed by atoms with Crippen molar-refractivity contribution in [2.75, 3.05) is 0 Å². The average molecular weight is 432 g/mol. The van der Waals surface area contributed by atoms with Crippen molar-refractivity contribution in [1.29, 1.82) is 5.26 Å². The third kappa shape index (κ3) is 7.09. The number of halogens is 4. The Labute approximate surface area is 182 Å². The predicted molar refractivity (Wildman–Crippen MR) is 115 cm³/mol. The number of nitrogens with zero attached hydrogens (tertiary/aromatic N) is 1. The number of alkyl halides is 3. The molecule has 0 bridgehead atoms. The van der Waals surface area contributed by atoms with Crippen LogP contribution in [0, 0.1) is 29.1 Å². The summed E-state index contributed by atoms with van der Waals surface area (Å²) in [4.78, 5) is 0. The second-order valence-corrected chi connectivity index (χ2v) is 8.80. The molecule has 2 saturated carbocycles. The fourth-order valence-electron chi connectivity index (χ4n) is 4.77. The summed E-state index contributed by atoms with van der Waals surface area (Å²) in [5, 5.41) is 8.41. The van der Waals surface area contributed by atoms with Gasteiger partial charge in [0, 0.05) is 0 Å². The van der Waals surface area contributed by atoms with E-state index in [1.165, 1.54) is 24.3 Å². The van der Waals surface area contributed by atoms with E-state index < -0.39 is 17.6 Å². The first-order chi connectivity index (χ1) is 14.8. The van der Waals surface area contributed by atoms with E-state index >= 15 is 0 Å². The van der Waals surface area contributed by atoms with Gasteiger partial charge in [-0.15, -0.1) is 0 Å². The number of allylic oxidation sites excluding steroid dienone is 6. The standard InChI is InChI=1S/C26H29F4N/c27-25(18-31)3-1-2-19-4-6-20(7-5-19)8-9-21-10-12-22(13-11-21)23-14-16-24(17-15-23)26(28,29)30/h1-3,8-9,14-17,19-22H,4-7,10-13H2/b2-1?,9-8+,25-3?. The van der Waals surface area contributed by atoms with Crippen LogP contribution in [0.25, 0.3) is 0 Å². The Morgan fingerprint density at radius 1 is 0.806 bits per heavy atom. The van der Waals surface area contributed by atoms with Crippen molar-refractivity contribution in [2.45, 2.75) is 63.5 Å². The minimum Gasteiger partial charge on any atom is -0.195 e. The molecule has 1 nitrogen and oxygen atoms in total. The van der Waals surface area contributed by atoms with E-state index in [1.807, 2.05) is 6.08 Å². The topological polar surface area (TPSA) is 23.8 Å². The van der Waals surface area contributed by atoms with Gasteiger partial charge in [0.05, 0.1) is 5.56 Å². The zero-order chi connectivity index (χ0) is 22.3. The summed E-state index contributed by atoms with van der Waals surface area (Å²) in [6, 6.07) is 7.15. The highest BCUT2D eigenvalue weighted by molar-refractivity contribution is 5.27. The van der Waals surface area contributed by atoms with Gasteiger partial charge in [0.1, 0.15) is 6.07 Å². The zero-order valence-corrected chi connectivity index (χ0v) is 17.6. The summed E-state index contributed by atoms with van der Waals surface area (Å²) in [5.41, 5.74) is 0.440. The molecular weight excluding hydrogens is 402 g/mol. The molecule has 0 aromatic heterocycles. The summed E-state index contributed by atoms with van der Waals surface area (Å²) >= 11 is 0. The normalized spacial score (nSPS) is 28.2. The molecule has 2 aliphatic carbocycles. The molecule has 166 valence electrons. The van der Waals surface area contributed by atoms with E-state index in [4.69, 9.17) is 5.26 Å². The molecule has 1 aromatic carbocycles. The number of benzene rings is 1. The predicted octanol–water partition coefficient (Wildman–Crippen LogP) is 8.27. The summed E-state index contributed by atoms with van der Waals surface area (Å²) in [6.45, 7) is 0. The first-order valence-electron chi connectivity index (χ1n) is 11.1. The van der Waals surface area contributed by atoms with Crippen molar-refractivity contribution in [3.63, 3.8) is 0 Å². The van der Waals surface area contributed by atoms with Gasteiger partial charge in [0.2, 0.25) is 0 Å². The Kier molecular flexibility index (Phi) is 8.12. The number of rotatable bonds is 5. The van der Waals surface area contributed by atoms with Crippen molar-refractivity contribution in [3.8, 4) is 6.07 Å². The summed E-state index contributed by atoms with van der Waals surface area (Å²) in [6.07, 6.45) is 13.9. The molecule has 1 aromatic rings. The molecule has 5 heteroatoms. The third-order valence-electron chi connectivity index (χ3n) is 6.69. The molecule has 0 atom stereocenters. The van der Waals surface area contributed by atoms with Crippen LogP contribution in [0.2, 0.25) is 0 Å². The van der Waals surface area contributed by atoms with E-state index in [0.717, 1.165) is 56.9 Å². The monoisotopic (exact) mass is 431 g/mol. The van der Waals surface area contributed by atoms with Crippen LogP contribution >= 0.6 is 0 Å². The van der Waals surface area contributed by atoms with Gasteiger partial charge in [-0.05, 0) is 98.8 Å². The molecule has 0 radical (unpaired) electrons. The van der Waals surface area contributed by atoms with Gasteiger partial charge in [0.15, 0.2) is 5.83 Å². The molecule has 0 spiro atoms. The van der Waals surface area contributed by atoms with E-state index in [1.54, 1.807) is 18.2 Å². The molecule has 3 rings (SSSR count). The molecule has 2 aliphatic rings. The Bertz CT molecular complexity index is 826. The highest BCUT2D eigenvalue weighted by atomic mass is 19.4. The van der Waals surface area contributed by atoms with Gasteiger partial charge < -0.3 is 0 Å². The quantitative estimate of drug-likeness (QED) is 0.199. The first-order valence-corrected chi connectivity index (χ1v) is 11.1. The van der Waals surface area contributed by atoms with E-state index in [0.29, 0.717) is 23.7 Å². The molecule has 0 heterocycles. The Morgan fingerprint density at radius 3 is 1.77 bits per heavy atom. The summed E-state index contributed by atoms with van der Waals surface area (Å²) < 4.78 is 51.0. The van der Waals surface area contributed by atoms with Gasteiger partial charge >= 0.3 is 6.18 Å². The van der Waals surface area contributed by atoms with Crippen LogP contribution < -0.4 is 0 Å². The minimum absolute atomic E-state index is 0.356. The van der Waals surface area contributed by atoms with Crippen LogP contribution in [0.5, 0.6) is 0 Å². The maximum absolute atomic E-state index is 12.8. The van der Waals surface area contributed by atoms with Crippen molar-refractivity contribution < 1.29 is 17.6 Å². The lowest BCUT2D eigenvalue weighted by atomic mass is 9.77. The van der Waals surface area contributed by atoms with Gasteiger partial charge in [-0.1, -0.05) is 36.4 Å². The van der Waals surface area contributed by atoms with Crippen LogP contribution in [0.15, 0.2) is 60.5 Å². The van der Waals surface area contributed by atoms with Crippen molar-refractivity contribution in [3.05, 3.63) is 71.6 Å². The second-order valence-electron chi connectivity index (χ2n) is 8.80. The SMILES string of the molecule is N#CC(F)=CC=CC1CCC(/C=C/C2CCC(c3ccc(C(F)(F)F)cc3)CC2)CC1. The molecule has 0 N–H and O–H groups in total. The molecular formula is C26H29F4N. The van der Waals surface area contributed by atoms with Crippen LogP contribution in [-0.4, -0.2) is 0 Å². The van der Waals surface area contributed by atoms with Crippen LogP contribution in [0.3, 0.4) is 0 Å². The van der Waals surface area contributed by atoms with E-state index in [-0.39, 0.29) is 0 Å². The Balaban J connectivity index is 1.41. The smallest absolute Gasteiger partial charge is 0.195 e. The molecule has 0 unspecified atom stereocenters. The summed E-state index contributed by atoms with van der Waals surface area (Å²) in [5.74, 6) is 1.19. The minimum atomic E-state index is -4.28. The maximum atomic E-state index is 12.8. The number of hydrogen-bond donors (Lipinski definition) is 0. The fourth-order valence-corrected chi connectivity index (χ4v) is 4.77. The van der Waals surface area contributed by atoms with E-state index in [2.05, 4.69) is 12.2 Å². The first kappa shape index (κ1) is 23.3. The Morgan fingerprint density at radius 2 is 1.29 bits per heavy atom. The zero-order valence-electron chi connectivity index (χ0n) is 17.6. The molecule has 31 heavy (non-hydrogen) atoms. The fraction of sp³-hybridized carbons (Fsp3) is 0.500. The van der Waals surface area contributed by atoms with Gasteiger partial charge in [-0.2, -0.15) is 22.8 Å². The van der Waals surface area contributed by atoms with Crippen LogP contribution in [0.1, 0.15) is 68.4 Å². The third-order valence-corrected chi connectivity index (χ3v) is 6.69. The molecule has 2 fully saturated rings. The molecule has 0 amide bonds. The highest BCUT2D eigenvalue weighted by Crippen LogP contribution is 2.38. The van der Waals surface area contributed by atoms with Crippen molar-refractivity contribution in [1.82, 2.24) is 0 Å². The van der Waals surface area contributed by atoms with E-state index in [9.17, 15) is 17.6 Å². The second kappa shape index (κ2) is 10.8. The lowest BCUT2D eigenvalue weighted by Gasteiger charge is -2.28. The maximum Gasteiger partial charge on any atom is 0.416 e. The van der Waals surface area contributed by atoms with Crippen LogP contribution in [-0.2, 0) is 6.18 Å².